The third kappa shape index (κ3) is 4.07. The van der Waals surface area contributed by atoms with Gasteiger partial charge in [-0.15, -0.1) is 12.4 Å². The van der Waals surface area contributed by atoms with Crippen LogP contribution in [0.3, 0.4) is 0 Å². The summed E-state index contributed by atoms with van der Waals surface area (Å²) in [6, 6.07) is 20.4. The standard InChI is InChI=1S/C23H30N2O.ClH/c26-17-16-25-15-7-6-11-21(25)18-24-23(20-9-2-1-3-10-20)14-13-19-8-4-5-12-22(19)23;/h1-5,8-10,12,21,24,26H,6-7,11,13-18H2;1H. The molecule has 2 atom stereocenters. The van der Waals surface area contributed by atoms with Gasteiger partial charge in [0.05, 0.1) is 12.1 Å². The second-order valence-corrected chi connectivity index (χ2v) is 7.72. The number of rotatable bonds is 6. The van der Waals surface area contributed by atoms with Crippen molar-refractivity contribution in [1.82, 2.24) is 10.2 Å². The van der Waals surface area contributed by atoms with E-state index >= 15 is 0 Å². The number of fused-ring (bicyclic) bond motifs is 1. The number of nitrogens with one attached hydrogen (secondary N) is 1. The van der Waals surface area contributed by atoms with E-state index in [4.69, 9.17) is 0 Å². The molecule has 0 aromatic heterocycles. The molecule has 1 aliphatic heterocycles. The molecule has 0 radical (unpaired) electrons. The fraction of sp³-hybridized carbons (Fsp3) is 0.478. The lowest BCUT2D eigenvalue weighted by Crippen LogP contribution is -2.51. The number of hydrogen-bond donors (Lipinski definition) is 2. The number of hydrogen-bond acceptors (Lipinski definition) is 3. The van der Waals surface area contributed by atoms with Crippen molar-refractivity contribution in [2.24, 2.45) is 0 Å². The fourth-order valence-electron chi connectivity index (χ4n) is 4.93. The SMILES string of the molecule is Cl.OCCN1CCCCC1CNC1(c2ccccc2)CCc2ccccc21. The molecule has 1 aliphatic carbocycles. The van der Waals surface area contributed by atoms with Gasteiger partial charge in [-0.05, 0) is 48.9 Å². The summed E-state index contributed by atoms with van der Waals surface area (Å²) < 4.78 is 0. The number of β-amino-alcohol motifs (C(OH)–C–C–N with tert-alkyl or cyclic N) is 1. The molecule has 3 nitrogen and oxygen atoms in total. The molecule has 27 heavy (non-hydrogen) atoms. The second-order valence-electron chi connectivity index (χ2n) is 7.72. The van der Waals surface area contributed by atoms with Gasteiger partial charge in [-0.3, -0.25) is 4.90 Å². The monoisotopic (exact) mass is 386 g/mol. The maximum Gasteiger partial charge on any atom is 0.0697 e. The van der Waals surface area contributed by atoms with E-state index in [9.17, 15) is 5.11 Å². The van der Waals surface area contributed by atoms with Gasteiger partial charge in [0.1, 0.15) is 0 Å². The Hall–Kier alpha value is -1.39. The average molecular weight is 387 g/mol. The van der Waals surface area contributed by atoms with Crippen LogP contribution in [0.25, 0.3) is 0 Å². The van der Waals surface area contributed by atoms with Crippen LogP contribution in [0.2, 0.25) is 0 Å². The summed E-state index contributed by atoms with van der Waals surface area (Å²) in [4.78, 5) is 2.47. The molecule has 1 saturated heterocycles. The van der Waals surface area contributed by atoms with Crippen LogP contribution >= 0.6 is 12.4 Å². The van der Waals surface area contributed by atoms with Crippen molar-refractivity contribution in [2.75, 3.05) is 26.2 Å². The van der Waals surface area contributed by atoms with Crippen LogP contribution in [-0.2, 0) is 12.0 Å². The summed E-state index contributed by atoms with van der Waals surface area (Å²) in [5.74, 6) is 0. The highest BCUT2D eigenvalue weighted by Gasteiger charge is 2.40. The molecule has 0 bridgehead atoms. The summed E-state index contributed by atoms with van der Waals surface area (Å²) in [5, 5.41) is 13.4. The van der Waals surface area contributed by atoms with Gasteiger partial charge in [-0.1, -0.05) is 61.0 Å². The first kappa shape index (κ1) is 20.3. The first-order valence-electron chi connectivity index (χ1n) is 10.1. The van der Waals surface area contributed by atoms with E-state index in [0.29, 0.717) is 6.04 Å². The average Bonchev–Trinajstić information content (AvgIpc) is 3.08. The lowest BCUT2D eigenvalue weighted by Gasteiger charge is -2.39. The molecule has 2 aromatic carbocycles. The molecule has 0 amide bonds. The minimum Gasteiger partial charge on any atom is -0.395 e. The lowest BCUT2D eigenvalue weighted by molar-refractivity contribution is 0.110. The predicted molar refractivity (Wildman–Crippen MR) is 114 cm³/mol. The van der Waals surface area contributed by atoms with Gasteiger partial charge >= 0.3 is 0 Å². The molecule has 0 spiro atoms. The second kappa shape index (κ2) is 9.20. The Kier molecular flexibility index (Phi) is 6.93. The van der Waals surface area contributed by atoms with Crippen molar-refractivity contribution in [3.63, 3.8) is 0 Å². The number of aliphatic hydroxyl groups excluding tert-OH is 1. The van der Waals surface area contributed by atoms with Gasteiger partial charge in [0, 0.05) is 19.1 Å². The lowest BCUT2D eigenvalue weighted by atomic mass is 9.83. The van der Waals surface area contributed by atoms with Crippen LogP contribution in [0.1, 0.15) is 42.4 Å². The summed E-state index contributed by atoms with van der Waals surface area (Å²) >= 11 is 0. The zero-order valence-corrected chi connectivity index (χ0v) is 16.8. The summed E-state index contributed by atoms with van der Waals surface area (Å²) in [6.45, 7) is 3.13. The minimum atomic E-state index is -0.0831. The van der Waals surface area contributed by atoms with Crippen molar-refractivity contribution >= 4 is 12.4 Å². The summed E-state index contributed by atoms with van der Waals surface area (Å²) in [5.41, 5.74) is 4.20. The minimum absolute atomic E-state index is 0. The van der Waals surface area contributed by atoms with Crippen LogP contribution in [0, 0.1) is 0 Å². The van der Waals surface area contributed by atoms with Crippen LogP contribution in [0.15, 0.2) is 54.6 Å². The van der Waals surface area contributed by atoms with E-state index in [1.807, 2.05) is 0 Å². The number of piperidine rings is 1. The molecule has 2 aromatic rings. The Bertz CT molecular complexity index is 721. The Morgan fingerprint density at radius 2 is 1.81 bits per heavy atom. The molecule has 2 unspecified atom stereocenters. The van der Waals surface area contributed by atoms with Crippen molar-refractivity contribution in [1.29, 1.82) is 0 Å². The first-order valence-corrected chi connectivity index (χ1v) is 10.1. The maximum absolute atomic E-state index is 9.41. The van der Waals surface area contributed by atoms with Crippen molar-refractivity contribution < 1.29 is 5.11 Å². The van der Waals surface area contributed by atoms with E-state index in [2.05, 4.69) is 64.8 Å². The van der Waals surface area contributed by atoms with Gasteiger partial charge in [-0.2, -0.15) is 0 Å². The van der Waals surface area contributed by atoms with Crippen LogP contribution in [-0.4, -0.2) is 42.3 Å². The third-order valence-corrected chi connectivity index (χ3v) is 6.29. The van der Waals surface area contributed by atoms with Gasteiger partial charge in [0.25, 0.3) is 0 Å². The number of halogens is 1. The predicted octanol–water partition coefficient (Wildman–Crippen LogP) is 3.73. The zero-order chi connectivity index (χ0) is 17.8. The van der Waals surface area contributed by atoms with Crippen LogP contribution < -0.4 is 5.32 Å². The van der Waals surface area contributed by atoms with Crippen molar-refractivity contribution in [3.05, 3.63) is 71.3 Å². The van der Waals surface area contributed by atoms with E-state index in [-0.39, 0.29) is 24.6 Å². The molecular weight excluding hydrogens is 356 g/mol. The third-order valence-electron chi connectivity index (χ3n) is 6.29. The van der Waals surface area contributed by atoms with Crippen LogP contribution in [0.4, 0.5) is 0 Å². The molecule has 0 saturated carbocycles. The molecule has 4 rings (SSSR count). The first-order chi connectivity index (χ1) is 12.8. The number of benzene rings is 2. The zero-order valence-electron chi connectivity index (χ0n) is 15.9. The van der Waals surface area contributed by atoms with E-state index in [1.54, 1.807) is 0 Å². The summed E-state index contributed by atoms with van der Waals surface area (Å²) in [7, 11) is 0. The van der Waals surface area contributed by atoms with Gasteiger partial charge in [0.2, 0.25) is 0 Å². The Morgan fingerprint density at radius 3 is 2.63 bits per heavy atom. The van der Waals surface area contributed by atoms with Crippen molar-refractivity contribution in [3.8, 4) is 0 Å². The topological polar surface area (TPSA) is 35.5 Å². The highest BCUT2D eigenvalue weighted by Crippen LogP contribution is 2.42. The van der Waals surface area contributed by atoms with E-state index in [0.717, 1.165) is 32.5 Å². The number of likely N-dealkylation sites (tertiary alicyclic amines) is 1. The fourth-order valence-corrected chi connectivity index (χ4v) is 4.93. The number of aryl methyl sites for hydroxylation is 1. The summed E-state index contributed by atoms with van der Waals surface area (Å²) in [6.07, 6.45) is 6.01. The smallest absolute Gasteiger partial charge is 0.0697 e. The molecule has 1 fully saturated rings. The van der Waals surface area contributed by atoms with Gasteiger partial charge in [-0.25, -0.2) is 0 Å². The molecule has 1 heterocycles. The Balaban J connectivity index is 0.00000210. The van der Waals surface area contributed by atoms with Gasteiger partial charge < -0.3 is 10.4 Å². The van der Waals surface area contributed by atoms with Crippen molar-refractivity contribution in [2.45, 2.75) is 43.7 Å². The molecule has 146 valence electrons. The molecular formula is C23H31ClN2O. The molecule has 2 aliphatic rings. The normalized spacial score (nSPS) is 25.0. The Morgan fingerprint density at radius 1 is 1.04 bits per heavy atom. The Labute approximate surface area is 169 Å². The number of aliphatic hydroxyl groups is 1. The highest BCUT2D eigenvalue weighted by molar-refractivity contribution is 5.85. The molecule has 4 heteroatoms. The molecule has 2 N–H and O–H groups in total. The van der Waals surface area contributed by atoms with E-state index < -0.39 is 0 Å². The largest absolute Gasteiger partial charge is 0.395 e. The van der Waals surface area contributed by atoms with Crippen LogP contribution in [0.5, 0.6) is 0 Å². The number of nitrogens with zero attached hydrogens (tertiary/aromatic N) is 1. The van der Waals surface area contributed by atoms with E-state index in [1.165, 1.54) is 36.0 Å². The highest BCUT2D eigenvalue weighted by atomic mass is 35.5. The quantitative estimate of drug-likeness (QED) is 0.793. The maximum atomic E-state index is 9.41. The van der Waals surface area contributed by atoms with Gasteiger partial charge in [0.15, 0.2) is 0 Å².